The third-order valence-corrected chi connectivity index (χ3v) is 3.14. The van der Waals surface area contributed by atoms with E-state index in [1.165, 1.54) is 11.1 Å². The van der Waals surface area contributed by atoms with E-state index in [0.717, 1.165) is 19.5 Å². The van der Waals surface area contributed by atoms with Crippen LogP contribution in [-0.2, 0) is 17.7 Å². The molecule has 0 bridgehead atoms. The summed E-state index contributed by atoms with van der Waals surface area (Å²) in [5.74, 6) is 0. The number of rotatable bonds is 6. The molecule has 21 heavy (non-hydrogen) atoms. The third kappa shape index (κ3) is 6.63. The molecule has 1 aromatic rings. The molecule has 0 heterocycles. The number of nitrogens with zero attached hydrogens (tertiary/aromatic N) is 1. The molecule has 0 aliphatic heterocycles. The van der Waals surface area contributed by atoms with Crippen molar-refractivity contribution in [1.29, 1.82) is 0 Å². The smallest absolute Gasteiger partial charge is 0.410 e. The van der Waals surface area contributed by atoms with Crippen molar-refractivity contribution >= 4 is 6.09 Å². The van der Waals surface area contributed by atoms with Gasteiger partial charge in [0.25, 0.3) is 0 Å². The molecule has 0 unspecified atom stereocenters. The number of ether oxygens (including phenoxy) is 1. The normalized spacial score (nSPS) is 11.3. The fourth-order valence-corrected chi connectivity index (χ4v) is 1.98. The summed E-state index contributed by atoms with van der Waals surface area (Å²) in [6.45, 7) is 9.98. The fourth-order valence-electron chi connectivity index (χ4n) is 1.98. The Bertz CT molecular complexity index is 452. The lowest BCUT2D eigenvalue weighted by atomic mass is 10.1. The molecule has 0 atom stereocenters. The molecule has 0 spiro atoms. The number of aryl methyl sites for hydroxylation is 1. The first-order valence-electron chi connectivity index (χ1n) is 7.55. The summed E-state index contributed by atoms with van der Waals surface area (Å²) in [4.78, 5) is 13.4. The Kier molecular flexibility index (Phi) is 6.69. The lowest BCUT2D eigenvalue weighted by molar-refractivity contribution is 0.0300. The van der Waals surface area contributed by atoms with Crippen molar-refractivity contribution in [1.82, 2.24) is 10.2 Å². The number of carbonyl (C=O) groups is 1. The van der Waals surface area contributed by atoms with Gasteiger partial charge in [-0.25, -0.2) is 4.79 Å². The first kappa shape index (κ1) is 17.5. The number of amides is 1. The molecule has 1 rings (SSSR count). The Morgan fingerprint density at radius 2 is 1.86 bits per heavy atom. The van der Waals surface area contributed by atoms with Gasteiger partial charge in [0.1, 0.15) is 5.60 Å². The second-order valence-electron chi connectivity index (χ2n) is 6.20. The quantitative estimate of drug-likeness (QED) is 0.819. The zero-order chi connectivity index (χ0) is 15.9. The van der Waals surface area contributed by atoms with Crippen molar-refractivity contribution in [2.24, 2.45) is 0 Å². The molecule has 0 aliphatic rings. The van der Waals surface area contributed by atoms with E-state index < -0.39 is 5.60 Å². The molecule has 0 aromatic heterocycles. The highest BCUT2D eigenvalue weighted by Gasteiger charge is 2.18. The average Bonchev–Trinajstić information content (AvgIpc) is 2.41. The van der Waals surface area contributed by atoms with Crippen molar-refractivity contribution in [3.05, 3.63) is 35.4 Å². The molecule has 118 valence electrons. The highest BCUT2D eigenvalue weighted by Crippen LogP contribution is 2.10. The predicted molar refractivity (Wildman–Crippen MR) is 86.4 cm³/mol. The van der Waals surface area contributed by atoms with Gasteiger partial charge >= 0.3 is 6.09 Å². The minimum Gasteiger partial charge on any atom is -0.444 e. The molecule has 0 saturated carbocycles. The Morgan fingerprint density at radius 1 is 1.24 bits per heavy atom. The van der Waals surface area contributed by atoms with E-state index in [0.29, 0.717) is 6.54 Å². The lowest BCUT2D eigenvalue weighted by Gasteiger charge is -2.24. The van der Waals surface area contributed by atoms with Crippen LogP contribution in [0.4, 0.5) is 4.79 Å². The van der Waals surface area contributed by atoms with E-state index in [1.54, 1.807) is 11.9 Å². The van der Waals surface area contributed by atoms with E-state index in [2.05, 4.69) is 36.5 Å². The monoisotopic (exact) mass is 292 g/mol. The largest absolute Gasteiger partial charge is 0.444 e. The first-order chi connectivity index (χ1) is 9.83. The minimum absolute atomic E-state index is 0.279. The molecule has 0 fully saturated rings. The van der Waals surface area contributed by atoms with Crippen LogP contribution in [0.1, 0.15) is 38.8 Å². The molecule has 1 amide bonds. The molecule has 1 aromatic carbocycles. The molecule has 0 aliphatic carbocycles. The third-order valence-electron chi connectivity index (χ3n) is 3.14. The summed E-state index contributed by atoms with van der Waals surface area (Å²) in [7, 11) is 1.76. The maximum absolute atomic E-state index is 11.8. The summed E-state index contributed by atoms with van der Waals surface area (Å²) < 4.78 is 5.31. The van der Waals surface area contributed by atoms with Crippen LogP contribution in [0, 0.1) is 0 Å². The Morgan fingerprint density at radius 3 is 2.43 bits per heavy atom. The van der Waals surface area contributed by atoms with Gasteiger partial charge in [-0.15, -0.1) is 0 Å². The zero-order valence-corrected chi connectivity index (χ0v) is 13.9. The van der Waals surface area contributed by atoms with E-state index in [1.807, 2.05) is 20.8 Å². The molecular formula is C17H28N2O2. The van der Waals surface area contributed by atoms with Crippen LogP contribution >= 0.6 is 0 Å². The summed E-state index contributed by atoms with van der Waals surface area (Å²) in [5, 5.41) is 3.38. The van der Waals surface area contributed by atoms with Crippen LogP contribution in [0.15, 0.2) is 24.3 Å². The van der Waals surface area contributed by atoms with Crippen LogP contribution in [0.2, 0.25) is 0 Å². The molecular weight excluding hydrogens is 264 g/mol. The van der Waals surface area contributed by atoms with Crippen molar-refractivity contribution in [2.75, 3.05) is 20.1 Å². The SMILES string of the molecule is CCc1ccccc1CNCCN(C)C(=O)OC(C)(C)C. The Labute approximate surface area is 128 Å². The van der Waals surface area contributed by atoms with Crippen molar-refractivity contribution < 1.29 is 9.53 Å². The maximum atomic E-state index is 11.8. The zero-order valence-electron chi connectivity index (χ0n) is 13.9. The van der Waals surface area contributed by atoms with E-state index >= 15 is 0 Å². The van der Waals surface area contributed by atoms with Crippen LogP contribution in [0.3, 0.4) is 0 Å². The van der Waals surface area contributed by atoms with Gasteiger partial charge < -0.3 is 15.0 Å². The van der Waals surface area contributed by atoms with Crippen LogP contribution in [0.5, 0.6) is 0 Å². The van der Waals surface area contributed by atoms with Crippen LogP contribution in [0.25, 0.3) is 0 Å². The molecule has 1 N–H and O–H groups in total. The molecule has 4 heteroatoms. The van der Waals surface area contributed by atoms with Gasteiger partial charge in [-0.1, -0.05) is 31.2 Å². The topological polar surface area (TPSA) is 41.6 Å². The maximum Gasteiger partial charge on any atom is 0.410 e. The van der Waals surface area contributed by atoms with Crippen LogP contribution < -0.4 is 5.32 Å². The lowest BCUT2D eigenvalue weighted by Crippen LogP contribution is -2.37. The number of likely N-dealkylation sites (N-methyl/N-ethyl adjacent to an activating group) is 1. The number of benzene rings is 1. The van der Waals surface area contributed by atoms with Crippen molar-refractivity contribution in [3.8, 4) is 0 Å². The molecule has 0 radical (unpaired) electrons. The first-order valence-corrected chi connectivity index (χ1v) is 7.55. The number of hydrogen-bond acceptors (Lipinski definition) is 3. The highest BCUT2D eigenvalue weighted by atomic mass is 16.6. The fraction of sp³-hybridized carbons (Fsp3) is 0.588. The number of hydrogen-bond donors (Lipinski definition) is 1. The summed E-state index contributed by atoms with van der Waals surface area (Å²) in [5.41, 5.74) is 2.24. The van der Waals surface area contributed by atoms with Gasteiger partial charge in [0.05, 0.1) is 0 Å². The Hall–Kier alpha value is -1.55. The van der Waals surface area contributed by atoms with Gasteiger partial charge in [-0.2, -0.15) is 0 Å². The summed E-state index contributed by atoms with van der Waals surface area (Å²) in [6.07, 6.45) is 0.758. The Balaban J connectivity index is 2.32. The van der Waals surface area contributed by atoms with Crippen LogP contribution in [-0.4, -0.2) is 36.7 Å². The van der Waals surface area contributed by atoms with E-state index in [4.69, 9.17) is 4.74 Å². The van der Waals surface area contributed by atoms with Gasteiger partial charge in [0.2, 0.25) is 0 Å². The van der Waals surface area contributed by atoms with E-state index in [-0.39, 0.29) is 6.09 Å². The second kappa shape index (κ2) is 8.03. The second-order valence-corrected chi connectivity index (χ2v) is 6.20. The molecule has 4 nitrogen and oxygen atoms in total. The van der Waals surface area contributed by atoms with Crippen molar-refractivity contribution in [2.45, 2.75) is 46.3 Å². The summed E-state index contributed by atoms with van der Waals surface area (Å²) in [6, 6.07) is 8.43. The van der Waals surface area contributed by atoms with E-state index in [9.17, 15) is 4.79 Å². The summed E-state index contributed by atoms with van der Waals surface area (Å²) >= 11 is 0. The van der Waals surface area contributed by atoms with Gasteiger partial charge in [0.15, 0.2) is 0 Å². The highest BCUT2D eigenvalue weighted by molar-refractivity contribution is 5.67. The number of nitrogens with one attached hydrogen (secondary N) is 1. The minimum atomic E-state index is -0.446. The van der Waals surface area contributed by atoms with Gasteiger partial charge in [-0.05, 0) is 38.3 Å². The predicted octanol–water partition coefficient (Wildman–Crippen LogP) is 3.21. The van der Waals surface area contributed by atoms with Crippen molar-refractivity contribution in [3.63, 3.8) is 0 Å². The molecule has 0 saturated heterocycles. The average molecular weight is 292 g/mol. The van der Waals surface area contributed by atoms with Gasteiger partial charge in [0, 0.05) is 26.7 Å². The standard InChI is InChI=1S/C17H28N2O2/c1-6-14-9-7-8-10-15(14)13-18-11-12-19(5)16(20)21-17(2,3)4/h7-10,18H,6,11-13H2,1-5H3. The van der Waals surface area contributed by atoms with Gasteiger partial charge in [-0.3, -0.25) is 0 Å². The number of carbonyl (C=O) groups excluding carboxylic acids is 1.